The maximum atomic E-state index is 12.7. The Morgan fingerprint density at radius 1 is 0.688 bits per heavy atom. The lowest BCUT2D eigenvalue weighted by molar-refractivity contribution is 0.102. The van der Waals surface area contributed by atoms with E-state index in [0.29, 0.717) is 16.9 Å². The first kappa shape index (κ1) is 21.3. The Balaban J connectivity index is 1.44. The van der Waals surface area contributed by atoms with E-state index in [-0.39, 0.29) is 10.8 Å². The van der Waals surface area contributed by atoms with Crippen molar-refractivity contribution >= 4 is 27.3 Å². The average Bonchev–Trinajstić information content (AvgIpc) is 2.81. The first-order valence-electron chi connectivity index (χ1n) is 10.1. The Labute approximate surface area is 187 Å². The third-order valence-electron chi connectivity index (χ3n) is 5.07. The van der Waals surface area contributed by atoms with Gasteiger partial charge in [0.05, 0.1) is 10.6 Å². The fraction of sp³-hybridized carbons (Fsp3) is 0.0385. The van der Waals surface area contributed by atoms with Crippen molar-refractivity contribution in [2.75, 3.05) is 10.0 Å². The molecule has 32 heavy (non-hydrogen) atoms. The first-order valence-corrected chi connectivity index (χ1v) is 11.6. The van der Waals surface area contributed by atoms with Gasteiger partial charge in [0, 0.05) is 11.3 Å². The Morgan fingerprint density at radius 3 is 1.94 bits per heavy atom. The number of benzene rings is 4. The van der Waals surface area contributed by atoms with Crippen molar-refractivity contribution in [2.24, 2.45) is 0 Å². The van der Waals surface area contributed by atoms with Crippen LogP contribution in [0, 0.1) is 6.92 Å². The van der Waals surface area contributed by atoms with E-state index in [1.54, 1.807) is 36.4 Å². The molecule has 0 aliphatic carbocycles. The summed E-state index contributed by atoms with van der Waals surface area (Å²) < 4.78 is 27.9. The maximum absolute atomic E-state index is 12.7. The van der Waals surface area contributed by atoms with Crippen molar-refractivity contribution in [3.05, 3.63) is 114 Å². The molecular weight excluding hydrogens is 420 g/mol. The summed E-state index contributed by atoms with van der Waals surface area (Å²) in [5.41, 5.74) is 4.50. The zero-order valence-electron chi connectivity index (χ0n) is 17.4. The van der Waals surface area contributed by atoms with Crippen LogP contribution >= 0.6 is 0 Å². The van der Waals surface area contributed by atoms with Crippen molar-refractivity contribution in [3.8, 4) is 11.1 Å². The molecule has 4 aromatic carbocycles. The van der Waals surface area contributed by atoms with E-state index in [4.69, 9.17) is 0 Å². The zero-order valence-corrected chi connectivity index (χ0v) is 18.3. The number of hydrogen-bond donors (Lipinski definition) is 2. The molecule has 0 fully saturated rings. The molecule has 0 saturated heterocycles. The molecular formula is C26H22N2O3S. The molecule has 1 amide bonds. The summed E-state index contributed by atoms with van der Waals surface area (Å²) in [6.07, 6.45) is 0. The standard InChI is InChI=1S/C26H22N2O3S/c1-19-7-5-6-10-25(19)28-32(30,31)24-17-15-23(16-18-24)27-26(29)22-13-11-21(12-14-22)20-8-3-2-4-9-20/h2-18,28H,1H3,(H,27,29). The van der Waals surface area contributed by atoms with Gasteiger partial charge in [-0.05, 0) is 66.1 Å². The van der Waals surface area contributed by atoms with Crippen molar-refractivity contribution in [2.45, 2.75) is 11.8 Å². The number of amides is 1. The van der Waals surface area contributed by atoms with Crippen LogP contribution in [-0.2, 0) is 10.0 Å². The van der Waals surface area contributed by atoms with Gasteiger partial charge in [-0.25, -0.2) is 8.42 Å². The third kappa shape index (κ3) is 4.87. The highest BCUT2D eigenvalue weighted by atomic mass is 32.2. The number of carbonyl (C=O) groups excluding carboxylic acids is 1. The smallest absolute Gasteiger partial charge is 0.261 e. The highest BCUT2D eigenvalue weighted by Gasteiger charge is 2.15. The predicted octanol–water partition coefficient (Wildman–Crippen LogP) is 5.72. The van der Waals surface area contributed by atoms with E-state index in [1.165, 1.54) is 12.1 Å². The molecule has 0 aliphatic heterocycles. The lowest BCUT2D eigenvalue weighted by Gasteiger charge is -2.11. The second kappa shape index (κ2) is 9.08. The van der Waals surface area contributed by atoms with Crippen molar-refractivity contribution in [1.29, 1.82) is 0 Å². The quantitative estimate of drug-likeness (QED) is 0.401. The Bertz CT molecular complexity index is 1330. The number of aryl methyl sites for hydroxylation is 1. The van der Waals surface area contributed by atoms with Gasteiger partial charge in [-0.3, -0.25) is 9.52 Å². The summed E-state index contributed by atoms with van der Waals surface area (Å²) in [7, 11) is -3.73. The number of sulfonamides is 1. The minimum absolute atomic E-state index is 0.117. The van der Waals surface area contributed by atoms with Gasteiger partial charge < -0.3 is 5.32 Å². The fourth-order valence-corrected chi connectivity index (χ4v) is 4.39. The number of para-hydroxylation sites is 1. The molecule has 4 aromatic rings. The second-order valence-electron chi connectivity index (χ2n) is 7.34. The van der Waals surface area contributed by atoms with Gasteiger partial charge in [0.25, 0.3) is 15.9 Å². The van der Waals surface area contributed by atoms with E-state index in [2.05, 4.69) is 10.0 Å². The highest BCUT2D eigenvalue weighted by Crippen LogP contribution is 2.22. The molecule has 2 N–H and O–H groups in total. The maximum Gasteiger partial charge on any atom is 0.261 e. The SMILES string of the molecule is Cc1ccccc1NS(=O)(=O)c1ccc(NC(=O)c2ccc(-c3ccccc3)cc2)cc1. The third-order valence-corrected chi connectivity index (χ3v) is 6.45. The van der Waals surface area contributed by atoms with Crippen molar-refractivity contribution in [1.82, 2.24) is 0 Å². The molecule has 0 saturated carbocycles. The Morgan fingerprint density at radius 2 is 1.28 bits per heavy atom. The minimum Gasteiger partial charge on any atom is -0.322 e. The van der Waals surface area contributed by atoms with Gasteiger partial charge in [0.15, 0.2) is 0 Å². The minimum atomic E-state index is -3.73. The van der Waals surface area contributed by atoms with Crippen LogP contribution in [0.25, 0.3) is 11.1 Å². The summed E-state index contributed by atoms with van der Waals surface area (Å²) >= 11 is 0. The summed E-state index contributed by atoms with van der Waals surface area (Å²) in [5, 5.41) is 2.80. The summed E-state index contributed by atoms with van der Waals surface area (Å²) in [6.45, 7) is 1.84. The summed E-state index contributed by atoms with van der Waals surface area (Å²) in [5.74, 6) is -0.266. The van der Waals surface area contributed by atoms with Crippen LogP contribution in [0.4, 0.5) is 11.4 Å². The molecule has 0 spiro atoms. The molecule has 0 aliphatic rings. The van der Waals surface area contributed by atoms with Crippen LogP contribution in [0.15, 0.2) is 108 Å². The monoisotopic (exact) mass is 442 g/mol. The first-order chi connectivity index (χ1) is 15.4. The number of anilines is 2. The molecule has 0 heterocycles. The zero-order chi connectivity index (χ0) is 22.6. The van der Waals surface area contributed by atoms with E-state index < -0.39 is 10.0 Å². The van der Waals surface area contributed by atoms with Gasteiger partial charge in [0.2, 0.25) is 0 Å². The molecule has 0 unspecified atom stereocenters. The molecule has 0 atom stereocenters. The lowest BCUT2D eigenvalue weighted by atomic mass is 10.0. The molecule has 0 aromatic heterocycles. The highest BCUT2D eigenvalue weighted by molar-refractivity contribution is 7.92. The molecule has 0 radical (unpaired) electrons. The molecule has 0 bridgehead atoms. The normalized spacial score (nSPS) is 11.0. The summed E-state index contributed by atoms with van der Waals surface area (Å²) in [6, 6.07) is 30.5. The Hall–Kier alpha value is -3.90. The van der Waals surface area contributed by atoms with Gasteiger partial charge in [-0.1, -0.05) is 60.7 Å². The van der Waals surface area contributed by atoms with Crippen molar-refractivity contribution in [3.63, 3.8) is 0 Å². The van der Waals surface area contributed by atoms with E-state index in [0.717, 1.165) is 16.7 Å². The number of carbonyl (C=O) groups is 1. The van der Waals surface area contributed by atoms with Gasteiger partial charge in [-0.2, -0.15) is 0 Å². The summed E-state index contributed by atoms with van der Waals surface area (Å²) in [4.78, 5) is 12.7. The van der Waals surface area contributed by atoms with Crippen LogP contribution < -0.4 is 10.0 Å². The van der Waals surface area contributed by atoms with Crippen molar-refractivity contribution < 1.29 is 13.2 Å². The average molecular weight is 443 g/mol. The molecule has 4 rings (SSSR count). The number of nitrogens with one attached hydrogen (secondary N) is 2. The van der Waals surface area contributed by atoms with Gasteiger partial charge in [-0.15, -0.1) is 0 Å². The Kier molecular flexibility index (Phi) is 6.05. The van der Waals surface area contributed by atoms with Gasteiger partial charge >= 0.3 is 0 Å². The van der Waals surface area contributed by atoms with Crippen LogP contribution in [0.5, 0.6) is 0 Å². The van der Waals surface area contributed by atoms with E-state index in [9.17, 15) is 13.2 Å². The number of rotatable bonds is 6. The molecule has 5 nitrogen and oxygen atoms in total. The lowest BCUT2D eigenvalue weighted by Crippen LogP contribution is -2.14. The van der Waals surface area contributed by atoms with E-state index in [1.807, 2.05) is 61.5 Å². The predicted molar refractivity (Wildman–Crippen MR) is 128 cm³/mol. The molecule has 6 heteroatoms. The van der Waals surface area contributed by atoms with Crippen LogP contribution in [-0.4, -0.2) is 14.3 Å². The largest absolute Gasteiger partial charge is 0.322 e. The van der Waals surface area contributed by atoms with Crippen LogP contribution in [0.3, 0.4) is 0 Å². The number of hydrogen-bond acceptors (Lipinski definition) is 3. The molecule has 160 valence electrons. The fourth-order valence-electron chi connectivity index (χ4n) is 3.26. The second-order valence-corrected chi connectivity index (χ2v) is 9.02. The van der Waals surface area contributed by atoms with Gasteiger partial charge in [0.1, 0.15) is 0 Å². The van der Waals surface area contributed by atoms with E-state index >= 15 is 0 Å². The van der Waals surface area contributed by atoms with Crippen LogP contribution in [0.2, 0.25) is 0 Å². The van der Waals surface area contributed by atoms with Crippen LogP contribution in [0.1, 0.15) is 15.9 Å². The topological polar surface area (TPSA) is 75.3 Å².